The fourth-order valence-electron chi connectivity index (χ4n) is 1.91. The number of aryl methyl sites for hydroxylation is 2. The Labute approximate surface area is 112 Å². The lowest BCUT2D eigenvalue weighted by atomic mass is 10.2. The van der Waals surface area contributed by atoms with E-state index in [4.69, 9.17) is 5.73 Å². The zero-order valence-corrected chi connectivity index (χ0v) is 11.7. The van der Waals surface area contributed by atoms with Crippen molar-refractivity contribution in [1.29, 1.82) is 0 Å². The van der Waals surface area contributed by atoms with Crippen molar-refractivity contribution in [2.75, 3.05) is 0 Å². The van der Waals surface area contributed by atoms with Gasteiger partial charge in [0, 0.05) is 29.4 Å². The van der Waals surface area contributed by atoms with Crippen molar-refractivity contribution < 1.29 is 0 Å². The maximum absolute atomic E-state index is 5.65. The minimum absolute atomic E-state index is 0.598. The monoisotopic (exact) mass is 261 g/mol. The fraction of sp³-hybridized carbons (Fsp3) is 0.357. The van der Waals surface area contributed by atoms with E-state index in [1.54, 1.807) is 0 Å². The average Bonchev–Trinajstić information content (AvgIpc) is 2.77. The topological polar surface area (TPSA) is 43.8 Å². The second-order valence-corrected chi connectivity index (χ2v) is 5.28. The van der Waals surface area contributed by atoms with Gasteiger partial charge in [-0.05, 0) is 37.6 Å². The molecule has 0 unspecified atom stereocenters. The van der Waals surface area contributed by atoms with Gasteiger partial charge in [-0.3, -0.25) is 4.68 Å². The molecule has 2 aromatic rings. The Morgan fingerprint density at radius 3 is 2.89 bits per heavy atom. The van der Waals surface area contributed by atoms with Gasteiger partial charge >= 0.3 is 0 Å². The first-order chi connectivity index (χ1) is 8.72. The molecule has 1 aromatic heterocycles. The first-order valence-corrected chi connectivity index (χ1v) is 7.16. The van der Waals surface area contributed by atoms with Crippen LogP contribution >= 0.6 is 11.8 Å². The van der Waals surface area contributed by atoms with Crippen molar-refractivity contribution in [3.05, 3.63) is 47.3 Å². The quantitative estimate of drug-likeness (QED) is 0.842. The minimum atomic E-state index is 0.598. The maximum atomic E-state index is 5.65. The van der Waals surface area contributed by atoms with E-state index in [1.807, 2.05) is 18.7 Å². The number of rotatable bonds is 5. The van der Waals surface area contributed by atoms with E-state index in [0.29, 0.717) is 6.54 Å². The lowest BCUT2D eigenvalue weighted by Crippen LogP contribution is -2.01. The molecule has 0 saturated heterocycles. The van der Waals surface area contributed by atoms with Gasteiger partial charge in [-0.2, -0.15) is 5.10 Å². The van der Waals surface area contributed by atoms with E-state index in [-0.39, 0.29) is 0 Å². The summed E-state index contributed by atoms with van der Waals surface area (Å²) in [7, 11) is 0. The third kappa shape index (κ3) is 3.15. The smallest absolute Gasteiger partial charge is 0.0596 e. The maximum Gasteiger partial charge on any atom is 0.0596 e. The van der Waals surface area contributed by atoms with Gasteiger partial charge in [0.15, 0.2) is 0 Å². The molecule has 0 aliphatic rings. The highest BCUT2D eigenvalue weighted by atomic mass is 32.2. The summed E-state index contributed by atoms with van der Waals surface area (Å²) in [4.78, 5) is 1.26. The highest BCUT2D eigenvalue weighted by molar-refractivity contribution is 7.98. The molecule has 1 aromatic carbocycles. The van der Waals surface area contributed by atoms with Crippen molar-refractivity contribution in [1.82, 2.24) is 9.78 Å². The molecule has 18 heavy (non-hydrogen) atoms. The largest absolute Gasteiger partial charge is 0.326 e. The number of nitrogens with two attached hydrogens (primary N) is 1. The summed E-state index contributed by atoms with van der Waals surface area (Å²) in [5, 5.41) is 4.46. The van der Waals surface area contributed by atoms with Gasteiger partial charge in [0.2, 0.25) is 0 Å². The molecule has 0 atom stereocenters. The Kier molecular flexibility index (Phi) is 4.44. The Balaban J connectivity index is 2.06. The Hall–Kier alpha value is -1.26. The predicted molar refractivity (Wildman–Crippen MR) is 76.5 cm³/mol. The molecule has 0 fully saturated rings. The molecule has 0 radical (unpaired) electrons. The lowest BCUT2D eigenvalue weighted by molar-refractivity contribution is 0.632. The molecular formula is C14H19N3S. The number of aromatic nitrogens is 2. The number of benzene rings is 1. The summed E-state index contributed by atoms with van der Waals surface area (Å²) in [6.45, 7) is 5.68. The highest BCUT2D eigenvalue weighted by Gasteiger charge is 2.05. The molecule has 2 rings (SSSR count). The second-order valence-electron chi connectivity index (χ2n) is 4.23. The van der Waals surface area contributed by atoms with Crippen LogP contribution in [-0.4, -0.2) is 9.78 Å². The van der Waals surface area contributed by atoms with Gasteiger partial charge in [0.05, 0.1) is 5.69 Å². The van der Waals surface area contributed by atoms with Crippen LogP contribution in [0.4, 0.5) is 0 Å². The molecule has 1 heterocycles. The molecule has 0 bridgehead atoms. The fourth-order valence-corrected chi connectivity index (χ4v) is 2.87. The molecule has 96 valence electrons. The summed E-state index contributed by atoms with van der Waals surface area (Å²) >= 11 is 1.83. The molecule has 0 saturated carbocycles. The average molecular weight is 261 g/mol. The van der Waals surface area contributed by atoms with E-state index < -0.39 is 0 Å². The van der Waals surface area contributed by atoms with Crippen molar-refractivity contribution in [3.63, 3.8) is 0 Å². The number of hydrogen-bond acceptors (Lipinski definition) is 3. The van der Waals surface area contributed by atoms with Crippen LogP contribution in [0, 0.1) is 6.92 Å². The molecule has 4 heteroatoms. The van der Waals surface area contributed by atoms with E-state index in [2.05, 4.69) is 47.0 Å². The third-order valence-electron chi connectivity index (χ3n) is 2.81. The van der Waals surface area contributed by atoms with Crippen molar-refractivity contribution >= 4 is 11.8 Å². The molecule has 0 aliphatic heterocycles. The van der Waals surface area contributed by atoms with Crippen LogP contribution in [-0.2, 0) is 18.8 Å². The van der Waals surface area contributed by atoms with Gasteiger partial charge < -0.3 is 5.73 Å². The van der Waals surface area contributed by atoms with Crippen LogP contribution in [0.2, 0.25) is 0 Å². The molecular weight excluding hydrogens is 242 g/mol. The molecule has 0 aliphatic carbocycles. The SMILES string of the molecule is CCn1nc(C)cc1CSc1cccc(CN)c1. The van der Waals surface area contributed by atoms with Gasteiger partial charge in [-0.25, -0.2) is 0 Å². The van der Waals surface area contributed by atoms with Crippen molar-refractivity contribution in [3.8, 4) is 0 Å². The van der Waals surface area contributed by atoms with Gasteiger partial charge in [-0.1, -0.05) is 12.1 Å². The van der Waals surface area contributed by atoms with Crippen LogP contribution in [0.1, 0.15) is 23.9 Å². The zero-order chi connectivity index (χ0) is 13.0. The summed E-state index contributed by atoms with van der Waals surface area (Å²) in [5.74, 6) is 0.947. The van der Waals surface area contributed by atoms with Crippen LogP contribution < -0.4 is 5.73 Å². The summed E-state index contributed by atoms with van der Waals surface area (Å²) in [6, 6.07) is 10.6. The van der Waals surface area contributed by atoms with E-state index in [9.17, 15) is 0 Å². The van der Waals surface area contributed by atoms with Crippen LogP contribution in [0.3, 0.4) is 0 Å². The van der Waals surface area contributed by atoms with Crippen LogP contribution in [0.15, 0.2) is 35.2 Å². The number of nitrogens with zero attached hydrogens (tertiary/aromatic N) is 2. The van der Waals surface area contributed by atoms with Crippen molar-refractivity contribution in [2.45, 2.75) is 37.6 Å². The summed E-state index contributed by atoms with van der Waals surface area (Å²) < 4.78 is 2.06. The van der Waals surface area contributed by atoms with Crippen LogP contribution in [0.5, 0.6) is 0 Å². The minimum Gasteiger partial charge on any atom is -0.326 e. The number of hydrogen-bond donors (Lipinski definition) is 1. The van der Waals surface area contributed by atoms with Gasteiger partial charge in [0.1, 0.15) is 0 Å². The van der Waals surface area contributed by atoms with Gasteiger partial charge in [-0.15, -0.1) is 11.8 Å². The Morgan fingerprint density at radius 2 is 2.17 bits per heavy atom. The second kappa shape index (κ2) is 6.07. The van der Waals surface area contributed by atoms with E-state index in [1.165, 1.54) is 16.2 Å². The predicted octanol–water partition coefficient (Wildman–Crippen LogP) is 2.96. The van der Waals surface area contributed by atoms with E-state index in [0.717, 1.165) is 18.0 Å². The standard InChI is InChI=1S/C14H19N3S/c1-3-17-13(7-11(2)16-17)10-18-14-6-4-5-12(8-14)9-15/h4-8H,3,9-10,15H2,1-2H3. The normalized spacial score (nSPS) is 10.8. The molecule has 3 nitrogen and oxygen atoms in total. The lowest BCUT2D eigenvalue weighted by Gasteiger charge is -2.05. The van der Waals surface area contributed by atoms with Crippen molar-refractivity contribution in [2.24, 2.45) is 5.73 Å². The first-order valence-electron chi connectivity index (χ1n) is 6.18. The summed E-state index contributed by atoms with van der Waals surface area (Å²) in [6.07, 6.45) is 0. The van der Waals surface area contributed by atoms with Crippen LogP contribution in [0.25, 0.3) is 0 Å². The first kappa shape index (κ1) is 13.2. The van der Waals surface area contributed by atoms with E-state index >= 15 is 0 Å². The molecule has 0 spiro atoms. The molecule has 2 N–H and O–H groups in total. The summed E-state index contributed by atoms with van der Waals surface area (Å²) in [5.41, 5.74) is 9.19. The van der Waals surface area contributed by atoms with Gasteiger partial charge in [0.25, 0.3) is 0 Å². The Bertz CT molecular complexity index is 520. The zero-order valence-electron chi connectivity index (χ0n) is 10.9. The third-order valence-corrected chi connectivity index (χ3v) is 3.83. The highest BCUT2D eigenvalue weighted by Crippen LogP contribution is 2.23. The Morgan fingerprint density at radius 1 is 1.33 bits per heavy atom. The number of thioether (sulfide) groups is 1. The molecule has 0 amide bonds.